The highest BCUT2D eigenvalue weighted by Crippen LogP contribution is 2.25. The minimum absolute atomic E-state index is 0.588. The molecule has 1 N–H and O–H groups in total. The third-order valence-electron chi connectivity index (χ3n) is 2.95. The Bertz CT molecular complexity index is 421. The van der Waals surface area contributed by atoms with Crippen LogP contribution in [0.1, 0.15) is 12.5 Å². The molecule has 0 spiro atoms. The molecule has 84 valence electrons. The maximum absolute atomic E-state index is 8.87. The number of nitrogens with one attached hydrogen (secondary N) is 1. The largest absolute Gasteiger partial charge is 0.366 e. The lowest BCUT2D eigenvalue weighted by Gasteiger charge is -2.39. The molecule has 1 aliphatic heterocycles. The number of rotatable bonds is 3. The SMILES string of the molecule is CCN(c1ccc(C#N)c(Br)c1)C1CNC1. The summed E-state index contributed by atoms with van der Waals surface area (Å²) in [7, 11) is 0. The highest BCUT2D eigenvalue weighted by atomic mass is 79.9. The Balaban J connectivity index is 2.25. The smallest absolute Gasteiger partial charge is 0.100 e. The van der Waals surface area contributed by atoms with Crippen molar-refractivity contribution in [2.24, 2.45) is 0 Å². The quantitative estimate of drug-likeness (QED) is 0.921. The number of nitrogens with zero attached hydrogens (tertiary/aromatic N) is 2. The molecule has 16 heavy (non-hydrogen) atoms. The molecule has 0 aromatic heterocycles. The molecule has 0 radical (unpaired) electrons. The van der Waals surface area contributed by atoms with E-state index in [0.717, 1.165) is 24.1 Å². The van der Waals surface area contributed by atoms with Crippen LogP contribution in [0.2, 0.25) is 0 Å². The van der Waals surface area contributed by atoms with Crippen molar-refractivity contribution in [1.82, 2.24) is 5.32 Å². The fourth-order valence-corrected chi connectivity index (χ4v) is 2.37. The van der Waals surface area contributed by atoms with E-state index >= 15 is 0 Å². The predicted molar refractivity (Wildman–Crippen MR) is 68.5 cm³/mol. The van der Waals surface area contributed by atoms with Gasteiger partial charge in [0.05, 0.1) is 11.6 Å². The Labute approximate surface area is 104 Å². The summed E-state index contributed by atoms with van der Waals surface area (Å²) >= 11 is 3.43. The van der Waals surface area contributed by atoms with E-state index in [2.05, 4.69) is 39.1 Å². The lowest BCUT2D eigenvalue weighted by Crippen LogP contribution is -2.57. The van der Waals surface area contributed by atoms with E-state index in [4.69, 9.17) is 5.26 Å². The van der Waals surface area contributed by atoms with Gasteiger partial charge in [-0.15, -0.1) is 0 Å². The van der Waals surface area contributed by atoms with Crippen molar-refractivity contribution in [3.63, 3.8) is 0 Å². The average molecular weight is 280 g/mol. The highest BCUT2D eigenvalue weighted by molar-refractivity contribution is 9.10. The highest BCUT2D eigenvalue weighted by Gasteiger charge is 2.23. The fourth-order valence-electron chi connectivity index (χ4n) is 1.92. The average Bonchev–Trinajstić information content (AvgIpc) is 2.23. The topological polar surface area (TPSA) is 39.1 Å². The Morgan fingerprint density at radius 3 is 2.75 bits per heavy atom. The van der Waals surface area contributed by atoms with Gasteiger partial charge in [-0.1, -0.05) is 0 Å². The normalized spacial score (nSPS) is 15.3. The molecular weight excluding hydrogens is 266 g/mol. The van der Waals surface area contributed by atoms with Gasteiger partial charge >= 0.3 is 0 Å². The second-order valence-electron chi connectivity index (χ2n) is 3.87. The second-order valence-corrected chi connectivity index (χ2v) is 4.73. The Morgan fingerprint density at radius 2 is 2.31 bits per heavy atom. The van der Waals surface area contributed by atoms with Crippen molar-refractivity contribution in [3.8, 4) is 6.07 Å². The van der Waals surface area contributed by atoms with Crippen LogP contribution in [0.3, 0.4) is 0 Å². The van der Waals surface area contributed by atoms with E-state index in [1.807, 2.05) is 18.2 Å². The third-order valence-corrected chi connectivity index (χ3v) is 3.60. The number of benzene rings is 1. The van der Waals surface area contributed by atoms with Crippen LogP contribution in [0.4, 0.5) is 5.69 Å². The van der Waals surface area contributed by atoms with Gasteiger partial charge < -0.3 is 10.2 Å². The van der Waals surface area contributed by atoms with E-state index in [0.29, 0.717) is 11.6 Å². The van der Waals surface area contributed by atoms with Crippen molar-refractivity contribution < 1.29 is 0 Å². The molecule has 1 fully saturated rings. The molecule has 0 bridgehead atoms. The van der Waals surface area contributed by atoms with E-state index in [1.165, 1.54) is 5.69 Å². The first-order chi connectivity index (χ1) is 7.76. The van der Waals surface area contributed by atoms with Crippen LogP contribution >= 0.6 is 15.9 Å². The van der Waals surface area contributed by atoms with Crippen molar-refractivity contribution in [3.05, 3.63) is 28.2 Å². The minimum atomic E-state index is 0.588. The zero-order chi connectivity index (χ0) is 11.5. The van der Waals surface area contributed by atoms with Gasteiger partial charge in [-0.05, 0) is 41.1 Å². The van der Waals surface area contributed by atoms with Crippen LogP contribution < -0.4 is 10.2 Å². The van der Waals surface area contributed by atoms with Crippen LogP contribution in [-0.4, -0.2) is 25.7 Å². The van der Waals surface area contributed by atoms with Crippen LogP contribution in [0.15, 0.2) is 22.7 Å². The minimum Gasteiger partial charge on any atom is -0.366 e. The molecule has 1 aromatic rings. The van der Waals surface area contributed by atoms with E-state index in [9.17, 15) is 0 Å². The van der Waals surface area contributed by atoms with Crippen LogP contribution in [0, 0.1) is 11.3 Å². The summed E-state index contributed by atoms with van der Waals surface area (Å²) in [6, 6.07) is 8.66. The van der Waals surface area contributed by atoms with E-state index in [1.54, 1.807) is 0 Å². The van der Waals surface area contributed by atoms with E-state index < -0.39 is 0 Å². The molecule has 3 nitrogen and oxygen atoms in total. The van der Waals surface area contributed by atoms with Gasteiger partial charge in [-0.2, -0.15) is 5.26 Å². The second kappa shape index (κ2) is 4.86. The van der Waals surface area contributed by atoms with Crippen LogP contribution in [-0.2, 0) is 0 Å². The molecule has 1 aliphatic rings. The standard InChI is InChI=1S/C12H14BrN3/c1-2-16(11-7-15-8-11)10-4-3-9(6-14)12(13)5-10/h3-5,11,15H,2,7-8H2,1H3. The van der Waals surface area contributed by atoms with Gasteiger partial charge in [0, 0.05) is 29.8 Å². The summed E-state index contributed by atoms with van der Waals surface area (Å²) in [4.78, 5) is 2.36. The lowest BCUT2D eigenvalue weighted by molar-refractivity contribution is 0.417. The Morgan fingerprint density at radius 1 is 1.56 bits per heavy atom. The van der Waals surface area contributed by atoms with Gasteiger partial charge in [0.15, 0.2) is 0 Å². The first-order valence-electron chi connectivity index (χ1n) is 5.43. The van der Waals surface area contributed by atoms with Gasteiger partial charge in [0.2, 0.25) is 0 Å². The predicted octanol–water partition coefficient (Wildman–Crippen LogP) is 2.12. The van der Waals surface area contributed by atoms with E-state index in [-0.39, 0.29) is 0 Å². The summed E-state index contributed by atoms with van der Waals surface area (Å²) < 4.78 is 0.873. The molecule has 1 heterocycles. The van der Waals surface area contributed by atoms with Gasteiger partial charge in [-0.25, -0.2) is 0 Å². The summed E-state index contributed by atoms with van der Waals surface area (Å²) in [5.74, 6) is 0. The van der Waals surface area contributed by atoms with Gasteiger partial charge in [-0.3, -0.25) is 0 Å². The van der Waals surface area contributed by atoms with Crippen molar-refractivity contribution in [1.29, 1.82) is 5.26 Å². The van der Waals surface area contributed by atoms with Gasteiger partial charge in [0.1, 0.15) is 6.07 Å². The lowest BCUT2D eigenvalue weighted by atomic mass is 10.1. The van der Waals surface area contributed by atoms with Crippen molar-refractivity contribution in [2.45, 2.75) is 13.0 Å². The van der Waals surface area contributed by atoms with Crippen LogP contribution in [0.25, 0.3) is 0 Å². The van der Waals surface area contributed by atoms with Crippen molar-refractivity contribution in [2.75, 3.05) is 24.5 Å². The third kappa shape index (κ3) is 2.06. The molecule has 0 atom stereocenters. The molecule has 1 saturated heterocycles. The molecule has 4 heteroatoms. The first-order valence-corrected chi connectivity index (χ1v) is 6.22. The number of likely N-dealkylation sites (N-methyl/N-ethyl adjacent to an activating group) is 1. The number of anilines is 1. The summed E-state index contributed by atoms with van der Waals surface area (Å²) in [6.45, 7) is 5.24. The molecule has 0 saturated carbocycles. The number of halogens is 1. The maximum Gasteiger partial charge on any atom is 0.100 e. The van der Waals surface area contributed by atoms with Gasteiger partial charge in [0.25, 0.3) is 0 Å². The van der Waals surface area contributed by atoms with Crippen molar-refractivity contribution >= 4 is 21.6 Å². The summed E-state index contributed by atoms with van der Waals surface area (Å²) in [5.41, 5.74) is 1.87. The number of hydrogen-bond donors (Lipinski definition) is 1. The number of hydrogen-bond acceptors (Lipinski definition) is 3. The monoisotopic (exact) mass is 279 g/mol. The molecular formula is C12H14BrN3. The number of nitriles is 1. The molecule has 0 aliphatic carbocycles. The zero-order valence-corrected chi connectivity index (χ0v) is 10.8. The molecule has 0 unspecified atom stereocenters. The summed E-state index contributed by atoms with van der Waals surface area (Å²) in [6.07, 6.45) is 0. The Kier molecular flexibility index (Phi) is 3.47. The fraction of sp³-hybridized carbons (Fsp3) is 0.417. The van der Waals surface area contributed by atoms with Crippen LogP contribution in [0.5, 0.6) is 0 Å². The molecule has 2 rings (SSSR count). The maximum atomic E-state index is 8.87. The molecule has 1 aromatic carbocycles. The Hall–Kier alpha value is -1.05. The molecule has 0 amide bonds. The zero-order valence-electron chi connectivity index (χ0n) is 9.20. The first kappa shape index (κ1) is 11.4. The summed E-state index contributed by atoms with van der Waals surface area (Å²) in [5, 5.41) is 12.1.